The number of hydrogen-bond donors (Lipinski definition) is 0. The first-order chi connectivity index (χ1) is 5.20. The first kappa shape index (κ1) is 8.47. The number of carbonyl (C=O) groups is 2. The summed E-state index contributed by atoms with van der Waals surface area (Å²) < 4.78 is 0. The smallest absolute Gasteiger partial charge is 0.221 e. The van der Waals surface area contributed by atoms with Crippen molar-refractivity contribution in [3.05, 3.63) is 11.6 Å². The molecule has 1 aliphatic carbocycles. The van der Waals surface area contributed by atoms with Gasteiger partial charge in [0.2, 0.25) is 5.24 Å². The molecule has 0 amide bonds. The highest BCUT2D eigenvalue weighted by Gasteiger charge is 2.14. The van der Waals surface area contributed by atoms with Crippen LogP contribution in [0.4, 0.5) is 0 Å². The van der Waals surface area contributed by atoms with Crippen LogP contribution in [0.3, 0.4) is 0 Å². The maximum absolute atomic E-state index is 11.0. The fourth-order valence-electron chi connectivity index (χ4n) is 1.13. The molecule has 0 aromatic carbocycles. The molecule has 3 heteroatoms. The molecule has 1 rings (SSSR count). The zero-order valence-electron chi connectivity index (χ0n) is 6.10. The summed E-state index contributed by atoms with van der Waals surface area (Å²) in [6.45, 7) is 0. The van der Waals surface area contributed by atoms with E-state index in [1.54, 1.807) is 0 Å². The highest BCUT2D eigenvalue weighted by molar-refractivity contribution is 6.63. The van der Waals surface area contributed by atoms with E-state index in [9.17, 15) is 9.59 Å². The Bertz CT molecular complexity index is 218. The van der Waals surface area contributed by atoms with Crippen molar-refractivity contribution in [3.8, 4) is 0 Å². The fraction of sp³-hybridized carbons (Fsp3) is 0.500. The third-order valence-corrected chi connectivity index (χ3v) is 1.90. The Labute approximate surface area is 70.2 Å². The summed E-state index contributed by atoms with van der Waals surface area (Å²) in [4.78, 5) is 21.3. The van der Waals surface area contributed by atoms with E-state index in [2.05, 4.69) is 0 Å². The zero-order chi connectivity index (χ0) is 8.27. The molecule has 0 atom stereocenters. The number of allylic oxidation sites excluding steroid dienone is 2. The minimum absolute atomic E-state index is 0.169. The van der Waals surface area contributed by atoms with Gasteiger partial charge in [0.1, 0.15) is 0 Å². The molecule has 0 bridgehead atoms. The zero-order valence-corrected chi connectivity index (χ0v) is 6.86. The Morgan fingerprint density at radius 2 is 2.36 bits per heavy atom. The number of rotatable bonds is 3. The van der Waals surface area contributed by atoms with Crippen molar-refractivity contribution in [2.45, 2.75) is 25.7 Å². The molecular weight excluding hydrogens is 164 g/mol. The average molecular weight is 173 g/mol. The van der Waals surface area contributed by atoms with Gasteiger partial charge in [-0.1, -0.05) is 6.08 Å². The quantitative estimate of drug-likeness (QED) is 0.609. The molecule has 0 radical (unpaired) electrons. The van der Waals surface area contributed by atoms with Gasteiger partial charge in [-0.15, -0.1) is 0 Å². The van der Waals surface area contributed by atoms with Gasteiger partial charge in [-0.2, -0.15) is 0 Å². The Balaban J connectivity index is 2.37. The summed E-state index contributed by atoms with van der Waals surface area (Å²) in [5, 5.41) is -0.370. The van der Waals surface area contributed by atoms with Gasteiger partial charge >= 0.3 is 0 Å². The molecule has 0 heterocycles. The van der Waals surface area contributed by atoms with E-state index < -0.39 is 0 Å². The van der Waals surface area contributed by atoms with Crippen LogP contribution in [0.1, 0.15) is 25.7 Å². The molecule has 1 aliphatic rings. The van der Waals surface area contributed by atoms with Gasteiger partial charge in [0, 0.05) is 12.8 Å². The summed E-state index contributed by atoms with van der Waals surface area (Å²) in [7, 11) is 0. The maximum atomic E-state index is 11.0. The van der Waals surface area contributed by atoms with Gasteiger partial charge < -0.3 is 0 Å². The third kappa shape index (κ3) is 2.46. The van der Waals surface area contributed by atoms with E-state index in [4.69, 9.17) is 11.6 Å². The Morgan fingerprint density at radius 3 is 2.82 bits per heavy atom. The normalized spacial score (nSPS) is 16.8. The fourth-order valence-corrected chi connectivity index (χ4v) is 1.22. The monoisotopic (exact) mass is 172 g/mol. The molecular formula is C8H9ClO2. The molecule has 0 saturated carbocycles. The number of halogens is 1. The minimum Gasteiger partial charge on any atom is -0.295 e. The van der Waals surface area contributed by atoms with Crippen molar-refractivity contribution in [2.24, 2.45) is 0 Å². The molecule has 0 spiro atoms. The van der Waals surface area contributed by atoms with E-state index >= 15 is 0 Å². The van der Waals surface area contributed by atoms with E-state index in [-0.39, 0.29) is 17.4 Å². The number of ketones is 1. The van der Waals surface area contributed by atoms with Crippen LogP contribution in [-0.4, -0.2) is 11.0 Å². The lowest BCUT2D eigenvalue weighted by Gasteiger charge is -1.95. The van der Waals surface area contributed by atoms with Crippen LogP contribution in [0.25, 0.3) is 0 Å². The van der Waals surface area contributed by atoms with E-state index in [0.29, 0.717) is 12.8 Å². The van der Waals surface area contributed by atoms with Crippen molar-refractivity contribution < 1.29 is 9.59 Å². The standard InChI is InChI=1S/C8H9ClO2/c9-8(11)5-4-6-2-1-3-7(6)10/h2H,1,3-5H2. The third-order valence-electron chi connectivity index (χ3n) is 1.71. The second kappa shape index (κ2) is 3.67. The topological polar surface area (TPSA) is 34.1 Å². The van der Waals surface area contributed by atoms with Crippen LogP contribution >= 0.6 is 11.6 Å². The largest absolute Gasteiger partial charge is 0.295 e. The lowest BCUT2D eigenvalue weighted by atomic mass is 10.1. The predicted molar refractivity (Wildman–Crippen MR) is 42.4 cm³/mol. The molecule has 0 aromatic rings. The van der Waals surface area contributed by atoms with Crippen LogP contribution in [0.5, 0.6) is 0 Å². The second-order valence-corrected chi connectivity index (χ2v) is 2.97. The molecule has 0 N–H and O–H groups in total. The molecule has 2 nitrogen and oxygen atoms in total. The van der Waals surface area contributed by atoms with Gasteiger partial charge in [0.15, 0.2) is 5.78 Å². The van der Waals surface area contributed by atoms with Gasteiger partial charge in [0.25, 0.3) is 0 Å². The molecule has 0 aliphatic heterocycles. The molecule has 0 aromatic heterocycles. The maximum Gasteiger partial charge on any atom is 0.221 e. The van der Waals surface area contributed by atoms with Crippen LogP contribution in [0.2, 0.25) is 0 Å². The number of hydrogen-bond acceptors (Lipinski definition) is 2. The first-order valence-corrected chi connectivity index (χ1v) is 3.98. The molecule has 0 unspecified atom stereocenters. The average Bonchev–Trinajstić information content (AvgIpc) is 2.31. The molecule has 11 heavy (non-hydrogen) atoms. The van der Waals surface area contributed by atoms with Crippen LogP contribution < -0.4 is 0 Å². The molecule has 0 saturated heterocycles. The van der Waals surface area contributed by atoms with Crippen LogP contribution in [-0.2, 0) is 9.59 Å². The number of Topliss-reactive ketones (excluding diaryl/α,β-unsaturated/α-hetero) is 1. The number of carbonyl (C=O) groups excluding carboxylic acids is 2. The summed E-state index contributed by atoms with van der Waals surface area (Å²) in [5.74, 6) is 0.169. The summed E-state index contributed by atoms with van der Waals surface area (Å²) in [5.41, 5.74) is 0.777. The molecule has 60 valence electrons. The van der Waals surface area contributed by atoms with Gasteiger partial charge in [-0.25, -0.2) is 0 Å². The van der Waals surface area contributed by atoms with E-state index in [0.717, 1.165) is 12.0 Å². The van der Waals surface area contributed by atoms with Crippen molar-refractivity contribution in [2.75, 3.05) is 0 Å². The predicted octanol–water partition coefficient (Wildman–Crippen LogP) is 1.82. The summed E-state index contributed by atoms with van der Waals surface area (Å²) in [6.07, 6.45) is 4.11. The Kier molecular flexibility index (Phi) is 2.83. The van der Waals surface area contributed by atoms with Gasteiger partial charge in [0.05, 0.1) is 0 Å². The SMILES string of the molecule is O=C(Cl)CCC1=CCCC1=O. The first-order valence-electron chi connectivity index (χ1n) is 3.60. The lowest BCUT2D eigenvalue weighted by molar-refractivity contribution is -0.115. The summed E-state index contributed by atoms with van der Waals surface area (Å²) >= 11 is 5.13. The van der Waals surface area contributed by atoms with Crippen molar-refractivity contribution in [1.82, 2.24) is 0 Å². The Hall–Kier alpha value is -0.630. The Morgan fingerprint density at radius 1 is 1.64 bits per heavy atom. The van der Waals surface area contributed by atoms with Crippen molar-refractivity contribution >= 4 is 22.6 Å². The van der Waals surface area contributed by atoms with Crippen LogP contribution in [0.15, 0.2) is 11.6 Å². The van der Waals surface area contributed by atoms with Crippen LogP contribution in [0, 0.1) is 0 Å². The minimum atomic E-state index is -0.370. The van der Waals surface area contributed by atoms with E-state index in [1.807, 2.05) is 6.08 Å². The highest BCUT2D eigenvalue weighted by Crippen LogP contribution is 2.18. The van der Waals surface area contributed by atoms with Gasteiger partial charge in [-0.05, 0) is 30.0 Å². The lowest BCUT2D eigenvalue weighted by Crippen LogP contribution is -1.97. The van der Waals surface area contributed by atoms with Crippen molar-refractivity contribution in [1.29, 1.82) is 0 Å². The highest BCUT2D eigenvalue weighted by atomic mass is 35.5. The van der Waals surface area contributed by atoms with E-state index in [1.165, 1.54) is 0 Å². The van der Waals surface area contributed by atoms with Crippen molar-refractivity contribution in [3.63, 3.8) is 0 Å². The molecule has 0 fully saturated rings. The van der Waals surface area contributed by atoms with Gasteiger partial charge in [-0.3, -0.25) is 9.59 Å². The second-order valence-electron chi connectivity index (χ2n) is 2.55. The summed E-state index contributed by atoms with van der Waals surface area (Å²) in [6, 6.07) is 0.